The number of carbonyl (C=O) groups excluding carboxylic acids is 3. The van der Waals surface area contributed by atoms with E-state index in [0.717, 1.165) is 17.2 Å². The summed E-state index contributed by atoms with van der Waals surface area (Å²) in [6.45, 7) is -0.0314. The molecule has 3 aromatic rings. The number of rotatable bonds is 3. The van der Waals surface area contributed by atoms with Gasteiger partial charge in [-0.1, -0.05) is 30.3 Å². The standard InChI is InChI=1S/C21H14N2O6/c24-14-6-7-17-15(9-14)18(25)13(11-29-17)8-16-19(26)22-21(28)23(20(16)27)10-12-4-2-1-3-5-12/h1-9,11,24H,10H2,(H,22,26,28)/b16-8+. The van der Waals surface area contributed by atoms with E-state index in [0.29, 0.717) is 5.56 Å². The Kier molecular flexibility index (Phi) is 4.44. The van der Waals surface area contributed by atoms with Crippen LogP contribution in [0.25, 0.3) is 17.0 Å². The molecule has 0 atom stereocenters. The molecular weight excluding hydrogens is 376 g/mol. The SMILES string of the molecule is O=C1NC(=O)N(Cc2ccccc2)C(=O)/C1=C/c1coc2ccc(O)cc2c1=O. The largest absolute Gasteiger partial charge is 0.508 e. The van der Waals surface area contributed by atoms with Crippen molar-refractivity contribution in [2.24, 2.45) is 0 Å². The number of aromatic hydroxyl groups is 1. The molecule has 0 radical (unpaired) electrons. The Morgan fingerprint density at radius 3 is 2.55 bits per heavy atom. The Morgan fingerprint density at radius 1 is 1.03 bits per heavy atom. The van der Waals surface area contributed by atoms with Crippen molar-refractivity contribution in [3.8, 4) is 5.75 Å². The van der Waals surface area contributed by atoms with Crippen molar-refractivity contribution in [1.82, 2.24) is 10.2 Å². The Hall–Kier alpha value is -4.20. The lowest BCUT2D eigenvalue weighted by molar-refractivity contribution is -0.130. The van der Waals surface area contributed by atoms with Gasteiger partial charge in [-0.15, -0.1) is 0 Å². The third-order valence-corrected chi connectivity index (χ3v) is 4.45. The number of urea groups is 1. The van der Waals surface area contributed by atoms with Crippen LogP contribution in [0.2, 0.25) is 0 Å². The molecule has 144 valence electrons. The highest BCUT2D eigenvalue weighted by Gasteiger charge is 2.35. The fourth-order valence-electron chi connectivity index (χ4n) is 2.99. The molecule has 0 unspecified atom stereocenters. The zero-order valence-electron chi connectivity index (χ0n) is 14.9. The Bertz CT molecular complexity index is 1240. The third kappa shape index (κ3) is 3.39. The number of hydrogen-bond acceptors (Lipinski definition) is 6. The molecule has 1 aromatic heterocycles. The van der Waals surface area contributed by atoms with Gasteiger partial charge in [0.1, 0.15) is 23.2 Å². The van der Waals surface area contributed by atoms with Crippen molar-refractivity contribution in [1.29, 1.82) is 0 Å². The van der Waals surface area contributed by atoms with Gasteiger partial charge in [-0.3, -0.25) is 24.6 Å². The van der Waals surface area contributed by atoms with E-state index in [9.17, 15) is 24.3 Å². The van der Waals surface area contributed by atoms with Gasteiger partial charge in [0.15, 0.2) is 5.43 Å². The van der Waals surface area contributed by atoms with Crippen LogP contribution in [-0.4, -0.2) is 27.9 Å². The number of fused-ring (bicyclic) bond motifs is 1. The van der Waals surface area contributed by atoms with Gasteiger partial charge in [-0.05, 0) is 29.8 Å². The van der Waals surface area contributed by atoms with Gasteiger partial charge >= 0.3 is 6.03 Å². The summed E-state index contributed by atoms with van der Waals surface area (Å²) in [7, 11) is 0. The number of phenols is 1. The predicted octanol–water partition coefficient (Wildman–Crippen LogP) is 2.16. The molecule has 2 heterocycles. The van der Waals surface area contributed by atoms with Crippen molar-refractivity contribution >= 4 is 34.9 Å². The number of phenolic OH excluding ortho intramolecular Hbond substituents is 1. The first-order valence-electron chi connectivity index (χ1n) is 8.61. The average Bonchev–Trinajstić information content (AvgIpc) is 2.71. The van der Waals surface area contributed by atoms with E-state index in [-0.39, 0.29) is 34.4 Å². The predicted molar refractivity (Wildman–Crippen MR) is 103 cm³/mol. The minimum atomic E-state index is -0.903. The van der Waals surface area contributed by atoms with Crippen LogP contribution in [0.5, 0.6) is 5.75 Å². The molecule has 1 aliphatic heterocycles. The fourth-order valence-corrected chi connectivity index (χ4v) is 2.99. The number of barbiturate groups is 1. The molecule has 1 fully saturated rings. The molecule has 4 rings (SSSR count). The second-order valence-electron chi connectivity index (χ2n) is 6.39. The molecule has 4 amide bonds. The van der Waals surface area contributed by atoms with E-state index in [1.165, 1.54) is 18.2 Å². The van der Waals surface area contributed by atoms with E-state index < -0.39 is 23.3 Å². The molecule has 0 saturated carbocycles. The van der Waals surface area contributed by atoms with Crippen LogP contribution in [0, 0.1) is 0 Å². The van der Waals surface area contributed by atoms with Crippen molar-refractivity contribution in [3.05, 3.63) is 81.7 Å². The maximum absolute atomic E-state index is 12.8. The first kappa shape index (κ1) is 18.2. The normalized spacial score (nSPS) is 15.8. The second-order valence-corrected chi connectivity index (χ2v) is 6.39. The molecule has 8 heteroatoms. The molecule has 0 bridgehead atoms. The highest BCUT2D eigenvalue weighted by Crippen LogP contribution is 2.20. The molecule has 2 aromatic carbocycles. The summed E-state index contributed by atoms with van der Waals surface area (Å²) in [6, 6.07) is 12.0. The maximum Gasteiger partial charge on any atom is 0.331 e. The Balaban J connectivity index is 1.74. The van der Waals surface area contributed by atoms with Crippen LogP contribution in [0.4, 0.5) is 4.79 Å². The number of benzene rings is 2. The van der Waals surface area contributed by atoms with Crippen LogP contribution in [-0.2, 0) is 16.1 Å². The van der Waals surface area contributed by atoms with Gasteiger partial charge in [0.25, 0.3) is 11.8 Å². The quantitative estimate of drug-likeness (QED) is 0.523. The fraction of sp³-hybridized carbons (Fsp3) is 0.0476. The minimum absolute atomic E-state index is 0.0314. The maximum atomic E-state index is 12.8. The molecule has 8 nitrogen and oxygen atoms in total. The van der Waals surface area contributed by atoms with Crippen LogP contribution < -0.4 is 10.7 Å². The lowest BCUT2D eigenvalue weighted by Gasteiger charge is -2.26. The van der Waals surface area contributed by atoms with Gasteiger partial charge in [0, 0.05) is 0 Å². The zero-order valence-corrected chi connectivity index (χ0v) is 14.9. The van der Waals surface area contributed by atoms with Gasteiger partial charge in [-0.25, -0.2) is 4.79 Å². The van der Waals surface area contributed by atoms with E-state index in [4.69, 9.17) is 4.42 Å². The van der Waals surface area contributed by atoms with Gasteiger partial charge in [-0.2, -0.15) is 0 Å². The molecular formula is C21H14N2O6. The zero-order chi connectivity index (χ0) is 20.5. The summed E-state index contributed by atoms with van der Waals surface area (Å²) >= 11 is 0. The van der Waals surface area contributed by atoms with Crippen molar-refractivity contribution < 1.29 is 23.9 Å². The van der Waals surface area contributed by atoms with Gasteiger partial charge in [0.05, 0.1) is 17.5 Å². The molecule has 29 heavy (non-hydrogen) atoms. The summed E-state index contributed by atoms with van der Waals surface area (Å²) in [6.07, 6.45) is 2.20. The first-order chi connectivity index (χ1) is 13.9. The van der Waals surface area contributed by atoms with E-state index in [2.05, 4.69) is 5.32 Å². The van der Waals surface area contributed by atoms with Crippen molar-refractivity contribution in [3.63, 3.8) is 0 Å². The van der Waals surface area contributed by atoms with Crippen molar-refractivity contribution in [2.75, 3.05) is 0 Å². The van der Waals surface area contributed by atoms with Crippen molar-refractivity contribution in [2.45, 2.75) is 6.54 Å². The number of carbonyl (C=O) groups is 3. The van der Waals surface area contributed by atoms with Crippen LogP contribution >= 0.6 is 0 Å². The first-order valence-corrected chi connectivity index (χ1v) is 8.61. The summed E-state index contributed by atoms with van der Waals surface area (Å²) in [5, 5.41) is 11.8. The monoisotopic (exact) mass is 390 g/mol. The molecule has 1 aliphatic rings. The van der Waals surface area contributed by atoms with Crippen LogP contribution in [0.15, 0.2) is 69.6 Å². The number of amides is 4. The van der Waals surface area contributed by atoms with E-state index in [1.54, 1.807) is 30.3 Å². The number of hydrogen-bond donors (Lipinski definition) is 2. The summed E-state index contributed by atoms with van der Waals surface area (Å²) < 4.78 is 5.36. The number of nitrogens with one attached hydrogen (secondary N) is 1. The lowest BCUT2D eigenvalue weighted by Crippen LogP contribution is -2.53. The number of nitrogens with zero attached hydrogens (tertiary/aromatic N) is 1. The lowest BCUT2D eigenvalue weighted by atomic mass is 10.1. The summed E-state index contributed by atoms with van der Waals surface area (Å²) in [5.41, 5.74) is -0.00893. The van der Waals surface area contributed by atoms with E-state index in [1.807, 2.05) is 0 Å². The molecule has 0 spiro atoms. The van der Waals surface area contributed by atoms with Gasteiger partial charge in [0.2, 0.25) is 0 Å². The molecule has 1 saturated heterocycles. The highest BCUT2D eigenvalue weighted by molar-refractivity contribution is 6.31. The number of imide groups is 2. The van der Waals surface area contributed by atoms with Gasteiger partial charge < -0.3 is 9.52 Å². The Morgan fingerprint density at radius 2 is 1.79 bits per heavy atom. The molecule has 2 N–H and O–H groups in total. The highest BCUT2D eigenvalue weighted by atomic mass is 16.3. The average molecular weight is 390 g/mol. The topological polar surface area (TPSA) is 117 Å². The minimum Gasteiger partial charge on any atom is -0.508 e. The smallest absolute Gasteiger partial charge is 0.331 e. The van der Waals surface area contributed by atoms with Crippen LogP contribution in [0.1, 0.15) is 11.1 Å². The summed E-state index contributed by atoms with van der Waals surface area (Å²) in [5.74, 6) is -1.85. The van der Waals surface area contributed by atoms with E-state index >= 15 is 0 Å². The third-order valence-electron chi connectivity index (χ3n) is 4.45. The van der Waals surface area contributed by atoms with Crippen LogP contribution in [0.3, 0.4) is 0 Å². The molecule has 0 aliphatic carbocycles. The second kappa shape index (κ2) is 7.08. The Labute approximate surface area is 163 Å². The summed E-state index contributed by atoms with van der Waals surface area (Å²) in [4.78, 5) is 50.7.